The lowest BCUT2D eigenvalue weighted by molar-refractivity contribution is -0.118. The minimum Gasteiger partial charge on any atom is -0.381 e. The summed E-state index contributed by atoms with van der Waals surface area (Å²) in [5, 5.41) is 3.24. The van der Waals surface area contributed by atoms with Crippen molar-refractivity contribution in [2.24, 2.45) is 0 Å². The number of carbonyl (C=O) groups is 1. The molecule has 2 aromatic rings. The number of rotatable bonds is 3. The molecule has 1 aliphatic carbocycles. The van der Waals surface area contributed by atoms with E-state index in [1.165, 1.54) is 11.6 Å². The molecule has 0 saturated heterocycles. The van der Waals surface area contributed by atoms with Crippen LogP contribution < -0.4 is 5.32 Å². The fraction of sp³-hybridized carbons (Fsp3) is 0.278. The summed E-state index contributed by atoms with van der Waals surface area (Å²) in [5.41, 5.74) is 5.01. The molecule has 0 saturated carbocycles. The maximum absolute atomic E-state index is 13.5. The number of fused-ring (bicyclic) bond motifs is 1. The first kappa shape index (κ1) is 13.8. The largest absolute Gasteiger partial charge is 0.381 e. The average molecular weight is 283 g/mol. The standard InChI is InChI=1S/C18H18FNO/c1-12-2-6-16(10-18(12)19)20-11-13-3-4-15-9-17(21)7-5-14(15)8-13/h2-4,6,8,10,20H,5,7,9,11H2,1H3. The molecular formula is C18H18FNO. The summed E-state index contributed by atoms with van der Waals surface area (Å²) in [5.74, 6) is 0.132. The van der Waals surface area contributed by atoms with Crippen LogP contribution >= 0.6 is 0 Å². The summed E-state index contributed by atoms with van der Waals surface area (Å²) >= 11 is 0. The van der Waals surface area contributed by atoms with Crippen molar-refractivity contribution in [1.29, 1.82) is 0 Å². The molecule has 0 fully saturated rings. The topological polar surface area (TPSA) is 29.1 Å². The Labute approximate surface area is 124 Å². The van der Waals surface area contributed by atoms with E-state index >= 15 is 0 Å². The van der Waals surface area contributed by atoms with Gasteiger partial charge in [0.15, 0.2) is 0 Å². The fourth-order valence-electron chi connectivity index (χ4n) is 2.68. The summed E-state index contributed by atoms with van der Waals surface area (Å²) in [7, 11) is 0. The van der Waals surface area contributed by atoms with Crippen LogP contribution in [0.5, 0.6) is 0 Å². The first-order valence-corrected chi connectivity index (χ1v) is 7.24. The first-order valence-electron chi connectivity index (χ1n) is 7.24. The number of aryl methyl sites for hydroxylation is 2. The van der Waals surface area contributed by atoms with Gasteiger partial charge in [-0.05, 0) is 47.7 Å². The zero-order chi connectivity index (χ0) is 14.8. The maximum Gasteiger partial charge on any atom is 0.137 e. The Morgan fingerprint density at radius 1 is 1.10 bits per heavy atom. The van der Waals surface area contributed by atoms with E-state index in [2.05, 4.69) is 11.4 Å². The Hall–Kier alpha value is -2.16. The average Bonchev–Trinajstić information content (AvgIpc) is 2.48. The highest BCUT2D eigenvalue weighted by molar-refractivity contribution is 5.83. The van der Waals surface area contributed by atoms with E-state index in [0.717, 1.165) is 23.2 Å². The van der Waals surface area contributed by atoms with E-state index in [0.29, 0.717) is 30.7 Å². The summed E-state index contributed by atoms with van der Waals surface area (Å²) < 4.78 is 13.5. The predicted octanol–water partition coefficient (Wildman–Crippen LogP) is 3.80. The normalized spacial score (nSPS) is 13.9. The highest BCUT2D eigenvalue weighted by atomic mass is 19.1. The van der Waals surface area contributed by atoms with Crippen LogP contribution in [0.4, 0.5) is 10.1 Å². The highest BCUT2D eigenvalue weighted by Gasteiger charge is 2.15. The molecule has 0 heterocycles. The van der Waals surface area contributed by atoms with Gasteiger partial charge >= 0.3 is 0 Å². The monoisotopic (exact) mass is 283 g/mol. The van der Waals surface area contributed by atoms with E-state index in [4.69, 9.17) is 0 Å². The van der Waals surface area contributed by atoms with Gasteiger partial charge in [-0.15, -0.1) is 0 Å². The van der Waals surface area contributed by atoms with Crippen molar-refractivity contribution in [3.05, 3.63) is 64.5 Å². The number of nitrogens with one attached hydrogen (secondary N) is 1. The molecule has 2 aromatic carbocycles. The van der Waals surface area contributed by atoms with Crippen LogP contribution in [0.1, 0.15) is 28.7 Å². The molecule has 0 aliphatic heterocycles. The second-order valence-corrected chi connectivity index (χ2v) is 5.64. The lowest BCUT2D eigenvalue weighted by Crippen LogP contribution is -2.13. The second kappa shape index (κ2) is 5.68. The summed E-state index contributed by atoms with van der Waals surface area (Å²) in [6.07, 6.45) is 2.04. The SMILES string of the molecule is Cc1ccc(NCc2ccc3c(c2)CCC(=O)C3)cc1F. The van der Waals surface area contributed by atoms with Crippen molar-refractivity contribution in [3.63, 3.8) is 0 Å². The van der Waals surface area contributed by atoms with Crippen LogP contribution in [0.25, 0.3) is 0 Å². The molecule has 0 aromatic heterocycles. The number of halogens is 1. The van der Waals surface area contributed by atoms with E-state index in [1.807, 2.05) is 18.2 Å². The van der Waals surface area contributed by atoms with Crippen LogP contribution in [-0.2, 0) is 24.2 Å². The smallest absolute Gasteiger partial charge is 0.137 e. The molecule has 0 spiro atoms. The number of ketones is 1. The molecule has 1 aliphatic rings. The Bertz CT molecular complexity index is 694. The van der Waals surface area contributed by atoms with Gasteiger partial charge in [0, 0.05) is 25.1 Å². The van der Waals surface area contributed by atoms with Gasteiger partial charge in [0.05, 0.1) is 0 Å². The molecule has 0 amide bonds. The maximum atomic E-state index is 13.5. The van der Waals surface area contributed by atoms with Crippen LogP contribution in [0, 0.1) is 12.7 Å². The predicted molar refractivity (Wildman–Crippen MR) is 81.9 cm³/mol. The van der Waals surface area contributed by atoms with Crippen LogP contribution in [0.15, 0.2) is 36.4 Å². The van der Waals surface area contributed by atoms with Gasteiger partial charge in [-0.25, -0.2) is 4.39 Å². The molecule has 21 heavy (non-hydrogen) atoms. The van der Waals surface area contributed by atoms with Crippen LogP contribution in [-0.4, -0.2) is 5.78 Å². The number of benzene rings is 2. The minimum atomic E-state index is -0.191. The second-order valence-electron chi connectivity index (χ2n) is 5.64. The molecule has 0 unspecified atom stereocenters. The van der Waals surface area contributed by atoms with Crippen LogP contribution in [0.3, 0.4) is 0 Å². The van der Waals surface area contributed by atoms with Gasteiger partial charge in [0.1, 0.15) is 11.6 Å². The van der Waals surface area contributed by atoms with Crippen molar-refractivity contribution in [2.75, 3.05) is 5.32 Å². The van der Waals surface area contributed by atoms with Gasteiger partial charge in [0.2, 0.25) is 0 Å². The quantitative estimate of drug-likeness (QED) is 0.928. The molecule has 3 rings (SSSR count). The minimum absolute atomic E-state index is 0.191. The molecular weight excluding hydrogens is 265 g/mol. The van der Waals surface area contributed by atoms with Gasteiger partial charge < -0.3 is 5.32 Å². The first-order chi connectivity index (χ1) is 10.1. The van der Waals surface area contributed by atoms with E-state index in [-0.39, 0.29) is 5.82 Å². The number of hydrogen-bond acceptors (Lipinski definition) is 2. The van der Waals surface area contributed by atoms with Crippen molar-refractivity contribution < 1.29 is 9.18 Å². The third kappa shape index (κ3) is 3.13. The van der Waals surface area contributed by atoms with Crippen molar-refractivity contribution in [1.82, 2.24) is 0 Å². The van der Waals surface area contributed by atoms with Crippen LogP contribution in [0.2, 0.25) is 0 Å². The van der Waals surface area contributed by atoms with Gasteiger partial charge in [0.25, 0.3) is 0 Å². The molecule has 108 valence electrons. The van der Waals surface area contributed by atoms with E-state index in [9.17, 15) is 9.18 Å². The highest BCUT2D eigenvalue weighted by Crippen LogP contribution is 2.21. The third-order valence-corrected chi connectivity index (χ3v) is 4.00. The molecule has 1 N–H and O–H groups in total. The molecule has 0 radical (unpaired) electrons. The van der Waals surface area contributed by atoms with Gasteiger partial charge in [-0.2, -0.15) is 0 Å². The summed E-state index contributed by atoms with van der Waals surface area (Å²) in [6, 6.07) is 11.4. The molecule has 3 heteroatoms. The lowest BCUT2D eigenvalue weighted by Gasteiger charge is -2.16. The third-order valence-electron chi connectivity index (χ3n) is 4.00. The van der Waals surface area contributed by atoms with Crippen molar-refractivity contribution in [2.45, 2.75) is 32.7 Å². The van der Waals surface area contributed by atoms with E-state index in [1.54, 1.807) is 13.0 Å². The van der Waals surface area contributed by atoms with E-state index < -0.39 is 0 Å². The Morgan fingerprint density at radius 3 is 2.76 bits per heavy atom. The number of Topliss-reactive ketones (excluding diaryl/α,β-unsaturated/α-hetero) is 1. The number of carbonyl (C=O) groups excluding carboxylic acids is 1. The number of anilines is 1. The lowest BCUT2D eigenvalue weighted by atomic mass is 9.89. The zero-order valence-electron chi connectivity index (χ0n) is 12.1. The summed E-state index contributed by atoms with van der Waals surface area (Å²) in [6.45, 7) is 2.41. The summed E-state index contributed by atoms with van der Waals surface area (Å²) in [4.78, 5) is 11.4. The Morgan fingerprint density at radius 2 is 1.95 bits per heavy atom. The Kier molecular flexibility index (Phi) is 3.74. The number of hydrogen-bond donors (Lipinski definition) is 1. The molecule has 0 atom stereocenters. The van der Waals surface area contributed by atoms with Crippen molar-refractivity contribution >= 4 is 11.5 Å². The fourth-order valence-corrected chi connectivity index (χ4v) is 2.68. The van der Waals surface area contributed by atoms with Gasteiger partial charge in [-0.1, -0.05) is 24.3 Å². The molecule has 2 nitrogen and oxygen atoms in total. The van der Waals surface area contributed by atoms with Gasteiger partial charge in [-0.3, -0.25) is 4.79 Å². The molecule has 0 bridgehead atoms. The zero-order valence-corrected chi connectivity index (χ0v) is 12.1. The Balaban J connectivity index is 1.71. The van der Waals surface area contributed by atoms with Crippen molar-refractivity contribution in [3.8, 4) is 0 Å².